The van der Waals surface area contributed by atoms with Crippen molar-refractivity contribution >= 4 is 32.9 Å². The van der Waals surface area contributed by atoms with E-state index in [2.05, 4.69) is 15.5 Å². The summed E-state index contributed by atoms with van der Waals surface area (Å²) >= 11 is 1.54. The van der Waals surface area contributed by atoms with E-state index in [1.165, 1.54) is 12.1 Å². The third kappa shape index (κ3) is 4.70. The molecular formula is C22H18FN3O2S. The summed E-state index contributed by atoms with van der Waals surface area (Å²) < 4.78 is 25.3. The summed E-state index contributed by atoms with van der Waals surface area (Å²) in [6, 6.07) is 19.7. The third-order valence-corrected chi connectivity index (χ3v) is 5.10. The number of rotatable bonds is 7. The van der Waals surface area contributed by atoms with Crippen LogP contribution >= 0.6 is 11.3 Å². The van der Waals surface area contributed by atoms with Crippen LogP contribution in [0.5, 0.6) is 11.5 Å². The molecule has 0 saturated carbocycles. The maximum atomic E-state index is 13.0. The van der Waals surface area contributed by atoms with Crippen LogP contribution in [0.2, 0.25) is 0 Å². The Morgan fingerprint density at radius 1 is 1.07 bits per heavy atom. The standard InChI is InChI=1S/C22H18FN3O2S/c1-27-20-12-16(8-11-19(20)28-14-15-6-9-17(23)10-7-15)13-24-26-22-25-18-4-2-3-5-21(18)29-22/h2-13H,14H2,1H3,(H,25,26)/b24-13-. The zero-order chi connectivity index (χ0) is 20.1. The summed E-state index contributed by atoms with van der Waals surface area (Å²) in [5, 5.41) is 4.99. The number of aromatic nitrogens is 1. The molecule has 0 aliphatic heterocycles. The molecule has 0 radical (unpaired) electrons. The molecule has 0 amide bonds. The number of anilines is 1. The van der Waals surface area contributed by atoms with Crippen LogP contribution in [0.1, 0.15) is 11.1 Å². The molecule has 5 nitrogen and oxygen atoms in total. The number of hydrogen-bond donors (Lipinski definition) is 1. The Kier molecular flexibility index (Phi) is 5.67. The molecule has 1 heterocycles. The molecule has 0 spiro atoms. The summed E-state index contributed by atoms with van der Waals surface area (Å²) in [6.45, 7) is 0.323. The molecule has 0 aliphatic carbocycles. The van der Waals surface area contributed by atoms with E-state index in [9.17, 15) is 4.39 Å². The van der Waals surface area contributed by atoms with Crippen LogP contribution < -0.4 is 14.9 Å². The van der Waals surface area contributed by atoms with Gasteiger partial charge in [0, 0.05) is 0 Å². The number of fused-ring (bicyclic) bond motifs is 1. The lowest BCUT2D eigenvalue weighted by atomic mass is 10.2. The second kappa shape index (κ2) is 8.70. The molecule has 0 aliphatic rings. The van der Waals surface area contributed by atoms with E-state index >= 15 is 0 Å². The zero-order valence-electron chi connectivity index (χ0n) is 15.6. The molecule has 0 fully saturated rings. The smallest absolute Gasteiger partial charge is 0.204 e. The van der Waals surface area contributed by atoms with Gasteiger partial charge in [-0.05, 0) is 53.6 Å². The lowest BCUT2D eigenvalue weighted by Gasteiger charge is -2.11. The summed E-state index contributed by atoms with van der Waals surface area (Å²) in [5.41, 5.74) is 5.63. The van der Waals surface area contributed by atoms with Crippen LogP contribution in [-0.4, -0.2) is 18.3 Å². The molecule has 4 rings (SSSR count). The highest BCUT2D eigenvalue weighted by atomic mass is 32.1. The number of hydrazone groups is 1. The molecule has 0 unspecified atom stereocenters. The molecule has 0 bridgehead atoms. The number of nitrogens with zero attached hydrogens (tertiary/aromatic N) is 2. The first-order chi connectivity index (χ1) is 14.2. The SMILES string of the molecule is COc1cc(/C=N\Nc2nc3ccccc3s2)ccc1OCc1ccc(F)cc1. The highest BCUT2D eigenvalue weighted by molar-refractivity contribution is 7.22. The van der Waals surface area contributed by atoms with E-state index in [0.29, 0.717) is 18.1 Å². The van der Waals surface area contributed by atoms with Crippen molar-refractivity contribution in [3.63, 3.8) is 0 Å². The normalized spacial score (nSPS) is 11.1. The molecule has 1 aromatic heterocycles. The van der Waals surface area contributed by atoms with E-state index in [1.54, 1.807) is 36.8 Å². The van der Waals surface area contributed by atoms with Crippen LogP contribution in [0.4, 0.5) is 9.52 Å². The Labute approximate surface area is 171 Å². The minimum atomic E-state index is -0.269. The molecule has 0 saturated heterocycles. The summed E-state index contributed by atoms with van der Waals surface area (Å²) in [7, 11) is 1.58. The largest absolute Gasteiger partial charge is 0.493 e. The number of nitrogens with one attached hydrogen (secondary N) is 1. The first kappa shape index (κ1) is 18.9. The topological polar surface area (TPSA) is 55.7 Å². The maximum absolute atomic E-state index is 13.0. The van der Waals surface area contributed by atoms with Crippen molar-refractivity contribution in [1.29, 1.82) is 0 Å². The van der Waals surface area contributed by atoms with E-state index in [0.717, 1.165) is 26.5 Å². The number of para-hydroxylation sites is 1. The van der Waals surface area contributed by atoms with Gasteiger partial charge in [0.2, 0.25) is 5.13 Å². The second-order valence-electron chi connectivity index (χ2n) is 6.18. The van der Waals surface area contributed by atoms with Crippen molar-refractivity contribution in [2.75, 3.05) is 12.5 Å². The lowest BCUT2D eigenvalue weighted by molar-refractivity contribution is 0.284. The summed E-state index contributed by atoms with van der Waals surface area (Å²) in [6.07, 6.45) is 1.69. The van der Waals surface area contributed by atoms with Gasteiger partial charge in [0.15, 0.2) is 11.5 Å². The number of benzene rings is 3. The van der Waals surface area contributed by atoms with Crippen LogP contribution in [0.3, 0.4) is 0 Å². The Hall–Kier alpha value is -3.45. The fourth-order valence-electron chi connectivity index (χ4n) is 2.71. The van der Waals surface area contributed by atoms with Crippen LogP contribution in [0, 0.1) is 5.82 Å². The van der Waals surface area contributed by atoms with Gasteiger partial charge in [-0.25, -0.2) is 9.37 Å². The highest BCUT2D eigenvalue weighted by Gasteiger charge is 2.06. The monoisotopic (exact) mass is 407 g/mol. The molecular weight excluding hydrogens is 389 g/mol. The van der Waals surface area contributed by atoms with E-state index in [1.807, 2.05) is 42.5 Å². The molecule has 146 valence electrons. The predicted octanol–water partition coefficient (Wildman–Crippen LogP) is 5.47. The van der Waals surface area contributed by atoms with Gasteiger partial charge in [0.1, 0.15) is 12.4 Å². The molecule has 4 aromatic rings. The van der Waals surface area contributed by atoms with Gasteiger partial charge in [0.05, 0.1) is 23.5 Å². The zero-order valence-corrected chi connectivity index (χ0v) is 16.4. The second-order valence-corrected chi connectivity index (χ2v) is 7.21. The molecule has 7 heteroatoms. The molecule has 29 heavy (non-hydrogen) atoms. The first-order valence-corrected chi connectivity index (χ1v) is 9.73. The summed E-state index contributed by atoms with van der Waals surface area (Å²) in [5.74, 6) is 0.929. The number of halogens is 1. The van der Waals surface area contributed by atoms with E-state index in [-0.39, 0.29) is 5.82 Å². The Balaban J connectivity index is 1.41. The van der Waals surface area contributed by atoms with Gasteiger partial charge in [-0.15, -0.1) is 0 Å². The predicted molar refractivity (Wildman–Crippen MR) is 115 cm³/mol. The van der Waals surface area contributed by atoms with Crippen molar-refractivity contribution in [1.82, 2.24) is 4.98 Å². The fraction of sp³-hybridized carbons (Fsp3) is 0.0909. The van der Waals surface area contributed by atoms with Crippen LogP contribution in [-0.2, 0) is 6.61 Å². The number of thiazole rings is 1. The van der Waals surface area contributed by atoms with E-state index < -0.39 is 0 Å². The average molecular weight is 407 g/mol. The Morgan fingerprint density at radius 3 is 2.69 bits per heavy atom. The van der Waals surface area contributed by atoms with Gasteiger partial charge in [-0.1, -0.05) is 35.6 Å². The van der Waals surface area contributed by atoms with Crippen molar-refractivity contribution in [3.05, 3.63) is 83.7 Å². The quantitative estimate of drug-likeness (QED) is 0.326. The van der Waals surface area contributed by atoms with E-state index in [4.69, 9.17) is 9.47 Å². The fourth-order valence-corrected chi connectivity index (χ4v) is 3.52. The van der Waals surface area contributed by atoms with Gasteiger partial charge < -0.3 is 9.47 Å². The third-order valence-electron chi connectivity index (χ3n) is 4.16. The lowest BCUT2D eigenvalue weighted by Crippen LogP contribution is -1.99. The minimum absolute atomic E-state index is 0.269. The van der Waals surface area contributed by atoms with Gasteiger partial charge in [-0.3, -0.25) is 5.43 Å². The average Bonchev–Trinajstić information content (AvgIpc) is 3.16. The van der Waals surface area contributed by atoms with Gasteiger partial charge in [0.25, 0.3) is 0 Å². The minimum Gasteiger partial charge on any atom is -0.493 e. The molecule has 0 atom stereocenters. The van der Waals surface area contributed by atoms with Gasteiger partial charge in [-0.2, -0.15) is 5.10 Å². The summed E-state index contributed by atoms with van der Waals surface area (Å²) in [4.78, 5) is 4.48. The highest BCUT2D eigenvalue weighted by Crippen LogP contribution is 2.29. The van der Waals surface area contributed by atoms with Crippen molar-refractivity contribution in [3.8, 4) is 11.5 Å². The first-order valence-electron chi connectivity index (χ1n) is 8.91. The van der Waals surface area contributed by atoms with Crippen molar-refractivity contribution in [2.45, 2.75) is 6.61 Å². The van der Waals surface area contributed by atoms with Gasteiger partial charge >= 0.3 is 0 Å². The van der Waals surface area contributed by atoms with Crippen LogP contribution in [0.15, 0.2) is 71.8 Å². The van der Waals surface area contributed by atoms with Crippen molar-refractivity contribution < 1.29 is 13.9 Å². The maximum Gasteiger partial charge on any atom is 0.204 e. The molecule has 3 aromatic carbocycles. The van der Waals surface area contributed by atoms with Crippen molar-refractivity contribution in [2.24, 2.45) is 5.10 Å². The number of hydrogen-bond acceptors (Lipinski definition) is 6. The van der Waals surface area contributed by atoms with Crippen LogP contribution in [0.25, 0.3) is 10.2 Å². The molecule has 1 N–H and O–H groups in total. The Bertz CT molecular complexity index is 1110. The number of methoxy groups -OCH3 is 1. The Morgan fingerprint density at radius 2 is 1.90 bits per heavy atom. The number of ether oxygens (including phenoxy) is 2.